The molecule has 0 saturated carbocycles. The van der Waals surface area contributed by atoms with E-state index in [1.165, 1.54) is 58.4 Å². The minimum Gasteiger partial charge on any atom is -0.317 e. The first kappa shape index (κ1) is 14.3. The van der Waals surface area contributed by atoms with Gasteiger partial charge in [0.05, 0.1) is 0 Å². The largest absolute Gasteiger partial charge is 0.317 e. The van der Waals surface area contributed by atoms with Gasteiger partial charge >= 0.3 is 0 Å². The van der Waals surface area contributed by atoms with Crippen molar-refractivity contribution in [3.63, 3.8) is 0 Å². The summed E-state index contributed by atoms with van der Waals surface area (Å²) in [7, 11) is 0. The number of hydrogen-bond acceptors (Lipinski definition) is 3. The molecule has 0 atom stereocenters. The highest BCUT2D eigenvalue weighted by Gasteiger charge is 2.19. The summed E-state index contributed by atoms with van der Waals surface area (Å²) in [5, 5.41) is 5.70. The van der Waals surface area contributed by atoms with Crippen LogP contribution >= 0.6 is 23.7 Å². The van der Waals surface area contributed by atoms with Gasteiger partial charge in [-0.25, -0.2) is 0 Å². The molecule has 0 spiro atoms. The van der Waals surface area contributed by atoms with Crippen LogP contribution in [0.4, 0.5) is 0 Å². The number of nitrogens with zero attached hydrogens (tertiary/aromatic N) is 1. The zero-order valence-corrected chi connectivity index (χ0v) is 12.5. The van der Waals surface area contributed by atoms with Crippen LogP contribution in [0.1, 0.15) is 29.7 Å². The molecule has 4 heteroatoms. The van der Waals surface area contributed by atoms with Gasteiger partial charge in [-0.3, -0.25) is 4.90 Å². The standard InChI is InChI=1S/C14H22N2S.ClH/c1-6-15-7-2-12(1)3-8-16-9-4-14-13(11-16)5-10-17-14;/h5,10,12,15H,1-4,6-9,11H2;1H. The van der Waals surface area contributed by atoms with Crippen molar-refractivity contribution in [1.82, 2.24) is 10.2 Å². The van der Waals surface area contributed by atoms with E-state index in [-0.39, 0.29) is 12.4 Å². The van der Waals surface area contributed by atoms with E-state index in [0.29, 0.717) is 0 Å². The molecule has 1 fully saturated rings. The molecule has 0 aromatic carbocycles. The molecule has 0 unspecified atom stereocenters. The minimum absolute atomic E-state index is 0. The number of hydrogen-bond donors (Lipinski definition) is 1. The molecule has 0 radical (unpaired) electrons. The molecule has 2 aliphatic rings. The molecule has 0 bridgehead atoms. The molecule has 18 heavy (non-hydrogen) atoms. The van der Waals surface area contributed by atoms with Crippen molar-refractivity contribution in [2.75, 3.05) is 26.2 Å². The Morgan fingerprint density at radius 2 is 2.17 bits per heavy atom. The monoisotopic (exact) mass is 286 g/mol. The lowest BCUT2D eigenvalue weighted by molar-refractivity contribution is 0.221. The fraction of sp³-hybridized carbons (Fsp3) is 0.714. The molecular weight excluding hydrogens is 264 g/mol. The Labute approximate surface area is 120 Å². The second-order valence-corrected chi connectivity index (χ2v) is 6.38. The number of halogens is 1. The summed E-state index contributed by atoms with van der Waals surface area (Å²) in [5.41, 5.74) is 1.59. The van der Waals surface area contributed by atoms with Crippen LogP contribution in [0.2, 0.25) is 0 Å². The summed E-state index contributed by atoms with van der Waals surface area (Å²) in [5.74, 6) is 0.972. The number of piperidine rings is 1. The first-order valence-electron chi connectivity index (χ1n) is 6.90. The van der Waals surface area contributed by atoms with Gasteiger partial charge in [0.15, 0.2) is 0 Å². The Bertz CT molecular complexity index is 360. The van der Waals surface area contributed by atoms with E-state index < -0.39 is 0 Å². The Morgan fingerprint density at radius 1 is 1.33 bits per heavy atom. The fourth-order valence-corrected chi connectivity index (χ4v) is 3.92. The van der Waals surface area contributed by atoms with E-state index in [1.807, 2.05) is 11.3 Å². The molecule has 1 aromatic rings. The summed E-state index contributed by atoms with van der Waals surface area (Å²) in [6, 6.07) is 2.32. The van der Waals surface area contributed by atoms with Crippen LogP contribution in [-0.4, -0.2) is 31.1 Å². The summed E-state index contributed by atoms with van der Waals surface area (Å²) in [4.78, 5) is 4.28. The maximum absolute atomic E-state index is 3.45. The molecule has 1 saturated heterocycles. The number of nitrogens with one attached hydrogen (secondary N) is 1. The first-order chi connectivity index (χ1) is 8.42. The average molecular weight is 287 g/mol. The third-order valence-corrected chi connectivity index (χ3v) is 5.22. The van der Waals surface area contributed by atoms with Gasteiger partial charge in [0.1, 0.15) is 0 Å². The van der Waals surface area contributed by atoms with Crippen molar-refractivity contribution in [2.24, 2.45) is 5.92 Å². The van der Waals surface area contributed by atoms with Gasteiger partial charge in [-0.2, -0.15) is 0 Å². The Balaban J connectivity index is 0.00000120. The molecule has 102 valence electrons. The third kappa shape index (κ3) is 3.47. The zero-order chi connectivity index (χ0) is 11.5. The van der Waals surface area contributed by atoms with E-state index in [4.69, 9.17) is 0 Å². The van der Waals surface area contributed by atoms with Gasteiger partial charge < -0.3 is 5.32 Å². The van der Waals surface area contributed by atoms with Crippen molar-refractivity contribution in [3.8, 4) is 0 Å². The highest BCUT2D eigenvalue weighted by Crippen LogP contribution is 2.25. The van der Waals surface area contributed by atoms with Crippen molar-refractivity contribution in [1.29, 1.82) is 0 Å². The lowest BCUT2D eigenvalue weighted by Gasteiger charge is -2.29. The number of rotatable bonds is 3. The van der Waals surface area contributed by atoms with Crippen molar-refractivity contribution in [3.05, 3.63) is 21.9 Å². The molecule has 3 heterocycles. The molecular formula is C14H23ClN2S. The van der Waals surface area contributed by atoms with Gasteiger partial charge in [-0.15, -0.1) is 23.7 Å². The van der Waals surface area contributed by atoms with Crippen LogP contribution < -0.4 is 5.32 Å². The summed E-state index contributed by atoms with van der Waals surface area (Å²) >= 11 is 1.94. The number of thiophene rings is 1. The zero-order valence-electron chi connectivity index (χ0n) is 10.9. The van der Waals surface area contributed by atoms with Gasteiger partial charge in [-0.1, -0.05) is 0 Å². The maximum atomic E-state index is 3.45. The quantitative estimate of drug-likeness (QED) is 0.919. The highest BCUT2D eigenvalue weighted by atomic mass is 35.5. The van der Waals surface area contributed by atoms with Crippen molar-refractivity contribution >= 4 is 23.7 Å². The third-order valence-electron chi connectivity index (χ3n) is 4.20. The molecule has 0 amide bonds. The fourth-order valence-electron chi connectivity index (χ4n) is 3.03. The highest BCUT2D eigenvalue weighted by molar-refractivity contribution is 7.10. The Hall–Kier alpha value is -0.0900. The van der Waals surface area contributed by atoms with E-state index in [0.717, 1.165) is 5.92 Å². The Morgan fingerprint density at radius 3 is 3.00 bits per heavy atom. The van der Waals surface area contributed by atoms with Gasteiger partial charge in [0.25, 0.3) is 0 Å². The average Bonchev–Trinajstić information content (AvgIpc) is 2.85. The normalized spacial score (nSPS) is 21.3. The van der Waals surface area contributed by atoms with Gasteiger partial charge in [0, 0.05) is 18.0 Å². The van der Waals surface area contributed by atoms with E-state index in [2.05, 4.69) is 21.7 Å². The maximum Gasteiger partial charge on any atom is 0.0244 e. The van der Waals surface area contributed by atoms with E-state index in [9.17, 15) is 0 Å². The van der Waals surface area contributed by atoms with E-state index >= 15 is 0 Å². The predicted octanol–water partition coefficient (Wildman–Crippen LogP) is 2.92. The minimum atomic E-state index is 0. The molecule has 2 nitrogen and oxygen atoms in total. The lowest BCUT2D eigenvalue weighted by Crippen LogP contribution is -2.34. The molecule has 0 aliphatic carbocycles. The summed E-state index contributed by atoms with van der Waals surface area (Å²) < 4.78 is 0. The van der Waals surface area contributed by atoms with Gasteiger partial charge in [0.2, 0.25) is 0 Å². The van der Waals surface area contributed by atoms with E-state index in [1.54, 1.807) is 10.4 Å². The Kier molecular flexibility index (Phi) is 5.49. The SMILES string of the molecule is Cl.c1cc2c(s1)CCN(CCC1CCNCC1)C2. The second-order valence-electron chi connectivity index (χ2n) is 5.38. The lowest BCUT2D eigenvalue weighted by atomic mass is 9.94. The van der Waals surface area contributed by atoms with Crippen LogP contribution in [0, 0.1) is 5.92 Å². The molecule has 1 aromatic heterocycles. The predicted molar refractivity (Wildman–Crippen MR) is 80.8 cm³/mol. The van der Waals surface area contributed by atoms with Crippen LogP contribution in [0.25, 0.3) is 0 Å². The van der Waals surface area contributed by atoms with Crippen LogP contribution in [0.15, 0.2) is 11.4 Å². The topological polar surface area (TPSA) is 15.3 Å². The molecule has 1 N–H and O–H groups in total. The van der Waals surface area contributed by atoms with Crippen molar-refractivity contribution < 1.29 is 0 Å². The van der Waals surface area contributed by atoms with Gasteiger partial charge in [-0.05, 0) is 68.2 Å². The second kappa shape index (κ2) is 6.90. The van der Waals surface area contributed by atoms with Crippen LogP contribution in [0.5, 0.6) is 0 Å². The van der Waals surface area contributed by atoms with Crippen LogP contribution in [0.3, 0.4) is 0 Å². The van der Waals surface area contributed by atoms with Crippen molar-refractivity contribution in [2.45, 2.75) is 32.2 Å². The number of fused-ring (bicyclic) bond motifs is 1. The first-order valence-corrected chi connectivity index (χ1v) is 7.78. The molecule has 3 rings (SSSR count). The summed E-state index contributed by atoms with van der Waals surface area (Å²) in [6.45, 7) is 6.25. The molecule has 2 aliphatic heterocycles. The van der Waals surface area contributed by atoms with Crippen LogP contribution in [-0.2, 0) is 13.0 Å². The smallest absolute Gasteiger partial charge is 0.0244 e. The summed E-state index contributed by atoms with van der Waals surface area (Å²) in [6.07, 6.45) is 5.45.